The maximum Gasteiger partial charge on any atom is 0.341 e. The smallest absolute Gasteiger partial charge is 0.341 e. The number of aryl methyl sites for hydroxylation is 2. The highest BCUT2D eigenvalue weighted by Gasteiger charge is 2.28. The van der Waals surface area contributed by atoms with Crippen LogP contribution < -0.4 is 21.0 Å². The van der Waals surface area contributed by atoms with Gasteiger partial charge in [-0.2, -0.15) is 0 Å². The highest BCUT2D eigenvalue weighted by Crippen LogP contribution is 2.39. The van der Waals surface area contributed by atoms with E-state index < -0.39 is 11.9 Å². The molecule has 0 radical (unpaired) electrons. The SMILES string of the molecule is CCOC(=O)c1c(NC(=O)c2cc3c(OC)c4c(=O)cc(C)oc4cc3oc2=N)sc2c1CCCC2. The highest BCUT2D eigenvalue weighted by molar-refractivity contribution is 7.17. The standard InChI is InChI=1S/C26H24N2O7S/c1-4-33-26(31)20-13-7-5-6-8-19(13)36-25(20)28-24(30)15-10-14-17(35-23(15)27)11-18-21(22(14)32-3)16(29)9-12(2)34-18/h9-11,27H,4-8H2,1-3H3,(H,28,30). The van der Waals surface area contributed by atoms with Crippen LogP contribution in [-0.2, 0) is 17.6 Å². The predicted octanol–water partition coefficient (Wildman–Crippen LogP) is 4.70. The number of anilines is 1. The Morgan fingerprint density at radius 1 is 1.14 bits per heavy atom. The lowest BCUT2D eigenvalue weighted by Gasteiger charge is -2.12. The van der Waals surface area contributed by atoms with Gasteiger partial charge in [0.2, 0.25) is 5.55 Å². The van der Waals surface area contributed by atoms with Crippen molar-refractivity contribution in [2.45, 2.75) is 39.5 Å². The van der Waals surface area contributed by atoms with Gasteiger partial charge < -0.3 is 23.6 Å². The summed E-state index contributed by atoms with van der Waals surface area (Å²) in [6, 6.07) is 4.31. The minimum Gasteiger partial charge on any atom is -0.495 e. The van der Waals surface area contributed by atoms with Gasteiger partial charge in [-0.15, -0.1) is 11.3 Å². The van der Waals surface area contributed by atoms with Crippen molar-refractivity contribution in [3.63, 3.8) is 0 Å². The summed E-state index contributed by atoms with van der Waals surface area (Å²) in [6.45, 7) is 3.61. The van der Waals surface area contributed by atoms with Crippen LogP contribution in [0.3, 0.4) is 0 Å². The molecule has 0 fully saturated rings. The molecule has 3 heterocycles. The number of carbonyl (C=O) groups excluding carboxylic acids is 2. The van der Waals surface area contributed by atoms with E-state index in [2.05, 4.69) is 5.32 Å². The van der Waals surface area contributed by atoms with Gasteiger partial charge in [-0.3, -0.25) is 15.0 Å². The monoisotopic (exact) mass is 508 g/mol. The van der Waals surface area contributed by atoms with Crippen molar-refractivity contribution in [3.8, 4) is 5.75 Å². The van der Waals surface area contributed by atoms with E-state index in [1.165, 1.54) is 36.6 Å². The molecule has 1 aliphatic carbocycles. The van der Waals surface area contributed by atoms with Crippen LogP contribution in [0.5, 0.6) is 5.75 Å². The first kappa shape index (κ1) is 23.8. The van der Waals surface area contributed by atoms with Crippen LogP contribution in [-0.4, -0.2) is 25.6 Å². The summed E-state index contributed by atoms with van der Waals surface area (Å²) >= 11 is 1.36. The summed E-state index contributed by atoms with van der Waals surface area (Å²) < 4.78 is 22.1. The Morgan fingerprint density at radius 3 is 2.67 bits per heavy atom. The Morgan fingerprint density at radius 2 is 1.92 bits per heavy atom. The second-order valence-electron chi connectivity index (χ2n) is 8.49. The van der Waals surface area contributed by atoms with Crippen LogP contribution in [0.2, 0.25) is 0 Å². The Bertz CT molecular complexity index is 1660. The summed E-state index contributed by atoms with van der Waals surface area (Å²) in [4.78, 5) is 39.8. The van der Waals surface area contributed by atoms with Crippen molar-refractivity contribution >= 4 is 50.2 Å². The van der Waals surface area contributed by atoms with Gasteiger partial charge in [0.15, 0.2) is 5.43 Å². The molecule has 5 rings (SSSR count). The van der Waals surface area contributed by atoms with Gasteiger partial charge in [-0.05, 0) is 51.2 Å². The second-order valence-corrected chi connectivity index (χ2v) is 9.60. The Labute approximate surface area is 209 Å². The second kappa shape index (κ2) is 9.27. The number of fused-ring (bicyclic) bond motifs is 3. The lowest BCUT2D eigenvalue weighted by Crippen LogP contribution is -2.22. The third-order valence-corrected chi connectivity index (χ3v) is 7.38. The van der Waals surface area contributed by atoms with E-state index in [-0.39, 0.29) is 45.5 Å². The molecular formula is C26H24N2O7S. The fourth-order valence-corrected chi connectivity index (χ4v) is 5.89. The van der Waals surface area contributed by atoms with Crippen molar-refractivity contribution in [2.24, 2.45) is 0 Å². The van der Waals surface area contributed by atoms with Crippen LogP contribution >= 0.6 is 11.3 Å². The number of carbonyl (C=O) groups is 2. The third kappa shape index (κ3) is 3.97. The molecule has 0 atom stereocenters. The van der Waals surface area contributed by atoms with Gasteiger partial charge in [0, 0.05) is 17.0 Å². The highest BCUT2D eigenvalue weighted by atomic mass is 32.1. The number of amides is 1. The molecule has 0 spiro atoms. The van der Waals surface area contributed by atoms with E-state index in [4.69, 9.17) is 23.7 Å². The van der Waals surface area contributed by atoms with E-state index in [0.29, 0.717) is 21.7 Å². The molecule has 1 amide bonds. The molecule has 0 unspecified atom stereocenters. The molecule has 3 aromatic heterocycles. The number of esters is 1. The van der Waals surface area contributed by atoms with Crippen molar-refractivity contribution in [1.82, 2.24) is 0 Å². The number of hydrogen-bond acceptors (Lipinski definition) is 9. The molecule has 9 nitrogen and oxygen atoms in total. The summed E-state index contributed by atoms with van der Waals surface area (Å²) in [5, 5.41) is 12.1. The van der Waals surface area contributed by atoms with Gasteiger partial charge in [0.05, 0.1) is 24.7 Å². The van der Waals surface area contributed by atoms with E-state index >= 15 is 0 Å². The molecule has 1 aromatic carbocycles. The minimum absolute atomic E-state index is 0.0715. The number of rotatable bonds is 5. The van der Waals surface area contributed by atoms with Crippen LogP contribution in [0.4, 0.5) is 5.00 Å². The fourth-order valence-electron chi connectivity index (χ4n) is 4.62. The molecule has 186 valence electrons. The summed E-state index contributed by atoms with van der Waals surface area (Å²) in [7, 11) is 1.41. The van der Waals surface area contributed by atoms with E-state index in [1.807, 2.05) is 0 Å². The maximum atomic E-state index is 13.3. The summed E-state index contributed by atoms with van der Waals surface area (Å²) in [5.41, 5.74) is 1.04. The lowest BCUT2D eigenvalue weighted by atomic mass is 9.95. The van der Waals surface area contributed by atoms with Crippen molar-refractivity contribution in [2.75, 3.05) is 19.0 Å². The number of ether oxygens (including phenoxy) is 2. The summed E-state index contributed by atoms with van der Waals surface area (Å²) in [5.74, 6) is -0.482. The van der Waals surface area contributed by atoms with Gasteiger partial charge in [0.1, 0.15) is 38.6 Å². The first-order chi connectivity index (χ1) is 17.3. The normalized spacial score (nSPS) is 13.0. The average molecular weight is 509 g/mol. The molecular weight excluding hydrogens is 484 g/mol. The molecule has 10 heteroatoms. The fraction of sp³-hybridized carbons (Fsp3) is 0.308. The van der Waals surface area contributed by atoms with Gasteiger partial charge in [-0.25, -0.2) is 4.79 Å². The van der Waals surface area contributed by atoms with Crippen LogP contribution in [0.25, 0.3) is 21.9 Å². The van der Waals surface area contributed by atoms with E-state index in [1.54, 1.807) is 13.8 Å². The zero-order valence-electron chi connectivity index (χ0n) is 20.0. The van der Waals surface area contributed by atoms with E-state index in [9.17, 15) is 14.4 Å². The van der Waals surface area contributed by atoms with Gasteiger partial charge in [-0.1, -0.05) is 0 Å². The lowest BCUT2D eigenvalue weighted by molar-refractivity contribution is 0.0526. The first-order valence-electron chi connectivity index (χ1n) is 11.6. The molecule has 36 heavy (non-hydrogen) atoms. The van der Waals surface area contributed by atoms with Crippen LogP contribution in [0.15, 0.2) is 31.8 Å². The maximum absolute atomic E-state index is 13.3. The number of nitrogens with one attached hydrogen (secondary N) is 2. The van der Waals surface area contributed by atoms with Crippen LogP contribution in [0.1, 0.15) is 56.7 Å². The molecule has 2 N–H and O–H groups in total. The van der Waals surface area contributed by atoms with Crippen molar-refractivity contribution < 1.29 is 27.9 Å². The number of hydrogen-bond donors (Lipinski definition) is 2. The Hall–Kier alpha value is -3.92. The molecule has 0 saturated carbocycles. The quantitative estimate of drug-likeness (QED) is 0.295. The minimum atomic E-state index is -0.618. The van der Waals surface area contributed by atoms with Gasteiger partial charge in [0.25, 0.3) is 5.91 Å². The largest absolute Gasteiger partial charge is 0.495 e. The van der Waals surface area contributed by atoms with Crippen molar-refractivity contribution in [1.29, 1.82) is 5.41 Å². The first-order valence-corrected chi connectivity index (χ1v) is 12.4. The topological polar surface area (TPSA) is 132 Å². The predicted molar refractivity (Wildman–Crippen MR) is 134 cm³/mol. The molecule has 4 aromatic rings. The third-order valence-electron chi connectivity index (χ3n) is 6.17. The van der Waals surface area contributed by atoms with Gasteiger partial charge >= 0.3 is 5.97 Å². The van der Waals surface area contributed by atoms with Crippen LogP contribution in [0, 0.1) is 12.3 Å². The molecule has 1 aliphatic rings. The Balaban J connectivity index is 1.62. The van der Waals surface area contributed by atoms with E-state index in [0.717, 1.165) is 36.1 Å². The number of benzene rings is 1. The zero-order valence-corrected chi connectivity index (χ0v) is 20.9. The zero-order chi connectivity index (χ0) is 25.6. The summed E-state index contributed by atoms with van der Waals surface area (Å²) in [6.07, 6.45) is 3.57. The molecule has 0 saturated heterocycles. The van der Waals surface area contributed by atoms with Crippen molar-refractivity contribution in [3.05, 3.63) is 61.3 Å². The molecule has 0 aliphatic heterocycles. The number of thiophene rings is 1. The molecule has 0 bridgehead atoms. The average Bonchev–Trinajstić information content (AvgIpc) is 3.20. The Kier molecular flexibility index (Phi) is 6.13. The number of methoxy groups -OCH3 is 1.